The van der Waals surface area contributed by atoms with Crippen molar-refractivity contribution in [3.8, 4) is 0 Å². The Balaban J connectivity index is 1.32. The van der Waals surface area contributed by atoms with Crippen LogP contribution < -0.4 is 15.5 Å². The van der Waals surface area contributed by atoms with Gasteiger partial charge in [0, 0.05) is 43.5 Å². The van der Waals surface area contributed by atoms with Crippen LogP contribution in [0.25, 0.3) is 0 Å². The molecular formula is C26H35N5O3. The molecule has 1 aromatic carbocycles. The van der Waals surface area contributed by atoms with E-state index in [1.165, 1.54) is 0 Å². The van der Waals surface area contributed by atoms with Crippen LogP contribution in [0.3, 0.4) is 0 Å². The summed E-state index contributed by atoms with van der Waals surface area (Å²) in [6, 6.07) is 7.97. The van der Waals surface area contributed by atoms with Crippen molar-refractivity contribution >= 4 is 29.3 Å². The number of piperidine rings is 1. The van der Waals surface area contributed by atoms with E-state index in [1.807, 2.05) is 37.4 Å². The second-order valence-electron chi connectivity index (χ2n) is 9.37. The molecule has 0 aliphatic carbocycles. The molecule has 2 aliphatic heterocycles. The van der Waals surface area contributed by atoms with Crippen LogP contribution in [0.4, 0.5) is 17.5 Å². The normalized spacial score (nSPS) is 17.0. The Morgan fingerprint density at radius 2 is 1.97 bits per heavy atom. The Morgan fingerprint density at radius 3 is 2.65 bits per heavy atom. The van der Waals surface area contributed by atoms with Gasteiger partial charge < -0.3 is 20.3 Å². The Morgan fingerprint density at radius 1 is 1.21 bits per heavy atom. The summed E-state index contributed by atoms with van der Waals surface area (Å²) in [4.78, 5) is 35.6. The van der Waals surface area contributed by atoms with Crippen molar-refractivity contribution in [2.24, 2.45) is 5.41 Å². The first kappa shape index (κ1) is 24.0. The SMILES string of the molecule is CCCCOC(=O)CCc1ccc(Nc2ncc(C)c(N3CCC4(CCNC4=O)CC3)n2)cc1. The van der Waals surface area contributed by atoms with E-state index in [4.69, 9.17) is 9.72 Å². The molecule has 2 saturated heterocycles. The number of aryl methyl sites for hydroxylation is 2. The number of benzene rings is 1. The molecule has 0 unspecified atom stereocenters. The monoisotopic (exact) mass is 465 g/mol. The molecule has 1 amide bonds. The smallest absolute Gasteiger partial charge is 0.306 e. The van der Waals surface area contributed by atoms with Gasteiger partial charge in [-0.2, -0.15) is 4.98 Å². The standard InChI is InChI=1S/C26H35N5O3/c1-3-4-17-34-22(32)10-7-20-5-8-21(9-6-20)29-25-28-18-19(2)23(30-25)31-15-12-26(13-16-31)11-14-27-24(26)33/h5-6,8-9,18H,3-4,7,10-17H2,1-2H3,(H,27,33)(H,28,29,30). The highest BCUT2D eigenvalue weighted by atomic mass is 16.5. The highest BCUT2D eigenvalue weighted by Crippen LogP contribution is 2.39. The van der Waals surface area contributed by atoms with Crippen molar-refractivity contribution in [2.75, 3.05) is 36.5 Å². The number of aromatic nitrogens is 2. The second-order valence-corrected chi connectivity index (χ2v) is 9.37. The molecule has 1 aromatic heterocycles. The van der Waals surface area contributed by atoms with Gasteiger partial charge in [0.15, 0.2) is 0 Å². The van der Waals surface area contributed by atoms with E-state index in [0.29, 0.717) is 25.4 Å². The van der Waals surface area contributed by atoms with E-state index < -0.39 is 0 Å². The van der Waals surface area contributed by atoms with Gasteiger partial charge >= 0.3 is 5.97 Å². The first-order valence-corrected chi connectivity index (χ1v) is 12.4. The van der Waals surface area contributed by atoms with Crippen LogP contribution in [0, 0.1) is 12.3 Å². The molecule has 2 fully saturated rings. The maximum atomic E-state index is 12.3. The number of nitrogens with one attached hydrogen (secondary N) is 2. The topological polar surface area (TPSA) is 96.5 Å². The fourth-order valence-corrected chi connectivity index (χ4v) is 4.69. The van der Waals surface area contributed by atoms with Crippen molar-refractivity contribution in [3.63, 3.8) is 0 Å². The van der Waals surface area contributed by atoms with Gasteiger partial charge in [-0.3, -0.25) is 9.59 Å². The summed E-state index contributed by atoms with van der Waals surface area (Å²) < 4.78 is 5.22. The van der Waals surface area contributed by atoms with E-state index in [2.05, 4.69) is 27.4 Å². The predicted molar refractivity (Wildman–Crippen MR) is 132 cm³/mol. The zero-order valence-electron chi connectivity index (χ0n) is 20.2. The fraction of sp³-hybridized carbons (Fsp3) is 0.538. The van der Waals surface area contributed by atoms with Crippen LogP contribution in [0.1, 0.15) is 56.6 Å². The number of rotatable bonds is 9. The number of esters is 1. The van der Waals surface area contributed by atoms with Crippen molar-refractivity contribution in [3.05, 3.63) is 41.6 Å². The Hall–Kier alpha value is -3.16. The summed E-state index contributed by atoms with van der Waals surface area (Å²) >= 11 is 0. The number of ether oxygens (including phenoxy) is 1. The van der Waals surface area contributed by atoms with E-state index in [0.717, 1.165) is 74.4 Å². The molecular weight excluding hydrogens is 430 g/mol. The van der Waals surface area contributed by atoms with Gasteiger partial charge in [0.2, 0.25) is 11.9 Å². The average molecular weight is 466 g/mol. The summed E-state index contributed by atoms with van der Waals surface area (Å²) in [5.74, 6) is 1.54. The molecule has 1 spiro atoms. The van der Waals surface area contributed by atoms with Crippen LogP contribution in [-0.2, 0) is 20.7 Å². The average Bonchev–Trinajstić information content (AvgIpc) is 3.20. The third-order valence-electron chi connectivity index (χ3n) is 6.92. The lowest BCUT2D eigenvalue weighted by Crippen LogP contribution is -2.44. The maximum absolute atomic E-state index is 12.3. The Labute approximate surface area is 201 Å². The second kappa shape index (κ2) is 10.8. The lowest BCUT2D eigenvalue weighted by Gasteiger charge is -2.38. The quantitative estimate of drug-likeness (QED) is 0.428. The molecule has 0 radical (unpaired) electrons. The van der Waals surface area contributed by atoms with E-state index in [-0.39, 0.29) is 17.3 Å². The minimum absolute atomic E-state index is 0.145. The molecule has 2 aromatic rings. The number of unbranched alkanes of at least 4 members (excludes halogenated alkanes) is 1. The lowest BCUT2D eigenvalue weighted by atomic mass is 9.77. The molecule has 34 heavy (non-hydrogen) atoms. The van der Waals surface area contributed by atoms with Gasteiger partial charge in [0.1, 0.15) is 5.82 Å². The first-order valence-electron chi connectivity index (χ1n) is 12.4. The number of nitrogens with zero attached hydrogens (tertiary/aromatic N) is 3. The largest absolute Gasteiger partial charge is 0.466 e. The number of anilines is 3. The maximum Gasteiger partial charge on any atom is 0.306 e. The highest BCUT2D eigenvalue weighted by Gasteiger charge is 2.44. The molecule has 0 atom stereocenters. The van der Waals surface area contributed by atoms with Crippen LogP contribution in [0.2, 0.25) is 0 Å². The minimum atomic E-state index is -0.188. The lowest BCUT2D eigenvalue weighted by molar-refractivity contribution is -0.143. The molecule has 182 valence electrons. The van der Waals surface area contributed by atoms with Gasteiger partial charge in [0.05, 0.1) is 12.0 Å². The molecule has 0 bridgehead atoms. The van der Waals surface area contributed by atoms with Crippen molar-refractivity contribution < 1.29 is 14.3 Å². The number of carbonyl (C=O) groups excluding carboxylic acids is 2. The van der Waals surface area contributed by atoms with Gasteiger partial charge in [0.25, 0.3) is 0 Å². The number of amides is 1. The minimum Gasteiger partial charge on any atom is -0.466 e. The summed E-state index contributed by atoms with van der Waals surface area (Å²) in [5, 5.41) is 6.28. The summed E-state index contributed by atoms with van der Waals surface area (Å²) in [7, 11) is 0. The van der Waals surface area contributed by atoms with Crippen LogP contribution in [0.15, 0.2) is 30.5 Å². The zero-order valence-corrected chi connectivity index (χ0v) is 20.2. The molecule has 2 aliphatic rings. The summed E-state index contributed by atoms with van der Waals surface area (Å²) in [6.07, 6.45) is 7.47. The third-order valence-corrected chi connectivity index (χ3v) is 6.92. The Kier molecular flexibility index (Phi) is 7.65. The van der Waals surface area contributed by atoms with Crippen molar-refractivity contribution in [2.45, 2.75) is 58.8 Å². The van der Waals surface area contributed by atoms with Gasteiger partial charge in [-0.15, -0.1) is 0 Å². The number of carbonyl (C=O) groups is 2. The number of hydrogen-bond donors (Lipinski definition) is 2. The van der Waals surface area contributed by atoms with Crippen molar-refractivity contribution in [1.29, 1.82) is 0 Å². The Bertz CT molecular complexity index is 1000. The van der Waals surface area contributed by atoms with Crippen LogP contribution in [-0.4, -0.2) is 48.1 Å². The molecule has 4 rings (SSSR count). The van der Waals surface area contributed by atoms with Crippen molar-refractivity contribution in [1.82, 2.24) is 15.3 Å². The van der Waals surface area contributed by atoms with E-state index >= 15 is 0 Å². The molecule has 8 heteroatoms. The van der Waals surface area contributed by atoms with Gasteiger partial charge in [-0.25, -0.2) is 4.98 Å². The summed E-state index contributed by atoms with van der Waals surface area (Å²) in [6.45, 7) is 7.03. The fourth-order valence-electron chi connectivity index (χ4n) is 4.69. The predicted octanol–water partition coefficient (Wildman–Crippen LogP) is 3.91. The third kappa shape index (κ3) is 5.66. The van der Waals surface area contributed by atoms with E-state index in [1.54, 1.807) is 0 Å². The van der Waals surface area contributed by atoms with E-state index in [9.17, 15) is 9.59 Å². The zero-order chi connectivity index (χ0) is 24.0. The highest BCUT2D eigenvalue weighted by molar-refractivity contribution is 5.85. The molecule has 8 nitrogen and oxygen atoms in total. The first-order chi connectivity index (χ1) is 16.5. The number of hydrogen-bond acceptors (Lipinski definition) is 7. The molecule has 0 saturated carbocycles. The van der Waals surface area contributed by atoms with Crippen LogP contribution >= 0.6 is 0 Å². The van der Waals surface area contributed by atoms with Crippen LogP contribution in [0.5, 0.6) is 0 Å². The molecule has 2 N–H and O–H groups in total. The van der Waals surface area contributed by atoms with Gasteiger partial charge in [-0.05, 0) is 56.7 Å². The summed E-state index contributed by atoms with van der Waals surface area (Å²) in [5.41, 5.74) is 2.82. The van der Waals surface area contributed by atoms with Gasteiger partial charge in [-0.1, -0.05) is 25.5 Å². The molecule has 3 heterocycles.